The van der Waals surface area contributed by atoms with Gasteiger partial charge in [0.15, 0.2) is 0 Å². The van der Waals surface area contributed by atoms with Gasteiger partial charge >= 0.3 is 0 Å². The van der Waals surface area contributed by atoms with Gasteiger partial charge in [-0.3, -0.25) is 4.79 Å². The third-order valence-corrected chi connectivity index (χ3v) is 7.40. The average Bonchev–Trinajstić information content (AvgIpc) is 3.41. The number of halogens is 1. The molecule has 1 atom stereocenters. The SMILES string of the molecule is COc1cc(OC)cc(C(CC(=O)NCCC(c2ccccc2)c2ccccc2)c2cnc3ccc(Cl)cn23)c1. The largest absolute Gasteiger partial charge is 0.497 e. The number of hydrogen-bond acceptors (Lipinski definition) is 4. The molecule has 0 fully saturated rings. The van der Waals surface area contributed by atoms with E-state index in [0.29, 0.717) is 23.1 Å². The smallest absolute Gasteiger partial charge is 0.221 e. The molecular formula is C33H32ClN3O3. The van der Waals surface area contributed by atoms with E-state index in [1.54, 1.807) is 26.5 Å². The zero-order valence-corrected chi connectivity index (χ0v) is 23.3. The van der Waals surface area contributed by atoms with Crippen molar-refractivity contribution in [2.45, 2.75) is 24.7 Å². The van der Waals surface area contributed by atoms with Gasteiger partial charge in [-0.2, -0.15) is 0 Å². The number of hydrogen-bond donors (Lipinski definition) is 1. The number of carbonyl (C=O) groups excluding carboxylic acids is 1. The van der Waals surface area contributed by atoms with Gasteiger partial charge in [0, 0.05) is 43.3 Å². The maximum absolute atomic E-state index is 13.5. The van der Waals surface area contributed by atoms with E-state index in [1.807, 2.05) is 47.0 Å². The summed E-state index contributed by atoms with van der Waals surface area (Å²) in [6, 6.07) is 30.2. The molecule has 0 saturated carbocycles. The van der Waals surface area contributed by atoms with Gasteiger partial charge in [0.25, 0.3) is 0 Å². The molecule has 0 saturated heterocycles. The first-order valence-corrected chi connectivity index (χ1v) is 13.7. The van der Waals surface area contributed by atoms with Crippen LogP contribution in [0, 0.1) is 0 Å². The number of rotatable bonds is 11. The molecule has 2 aromatic heterocycles. The van der Waals surface area contributed by atoms with E-state index in [1.165, 1.54) is 11.1 Å². The summed E-state index contributed by atoms with van der Waals surface area (Å²) < 4.78 is 13.0. The van der Waals surface area contributed by atoms with Gasteiger partial charge in [-0.1, -0.05) is 72.3 Å². The van der Waals surface area contributed by atoms with Gasteiger partial charge in [-0.25, -0.2) is 4.98 Å². The quantitative estimate of drug-likeness (QED) is 0.194. The monoisotopic (exact) mass is 553 g/mol. The molecular weight excluding hydrogens is 522 g/mol. The number of nitrogens with one attached hydrogen (secondary N) is 1. The highest BCUT2D eigenvalue weighted by atomic mass is 35.5. The van der Waals surface area contributed by atoms with Crippen LogP contribution in [-0.2, 0) is 4.79 Å². The molecule has 1 unspecified atom stereocenters. The van der Waals surface area contributed by atoms with Crippen LogP contribution in [-0.4, -0.2) is 36.1 Å². The fraction of sp³-hybridized carbons (Fsp3) is 0.212. The summed E-state index contributed by atoms with van der Waals surface area (Å²) in [5.74, 6) is 1.13. The minimum absolute atomic E-state index is 0.0522. The van der Waals surface area contributed by atoms with Crippen molar-refractivity contribution < 1.29 is 14.3 Å². The van der Waals surface area contributed by atoms with E-state index in [4.69, 9.17) is 21.1 Å². The molecule has 204 valence electrons. The van der Waals surface area contributed by atoms with Crippen LogP contribution in [0.2, 0.25) is 5.02 Å². The lowest BCUT2D eigenvalue weighted by molar-refractivity contribution is -0.121. The fourth-order valence-electron chi connectivity index (χ4n) is 5.17. The van der Waals surface area contributed by atoms with Gasteiger partial charge in [0.1, 0.15) is 17.1 Å². The molecule has 0 aliphatic rings. The molecule has 1 amide bonds. The van der Waals surface area contributed by atoms with E-state index >= 15 is 0 Å². The summed E-state index contributed by atoms with van der Waals surface area (Å²) >= 11 is 6.33. The second-order valence-corrected chi connectivity index (χ2v) is 10.1. The van der Waals surface area contributed by atoms with Crippen molar-refractivity contribution >= 4 is 23.2 Å². The van der Waals surface area contributed by atoms with E-state index < -0.39 is 0 Å². The minimum Gasteiger partial charge on any atom is -0.497 e. The normalized spacial score (nSPS) is 11.9. The summed E-state index contributed by atoms with van der Waals surface area (Å²) in [6.07, 6.45) is 4.63. The Morgan fingerprint density at radius 2 is 1.48 bits per heavy atom. The van der Waals surface area contributed by atoms with Crippen LogP contribution in [0.15, 0.2) is 103 Å². The number of pyridine rings is 1. The first kappa shape index (κ1) is 27.3. The molecule has 40 heavy (non-hydrogen) atoms. The number of benzene rings is 3. The topological polar surface area (TPSA) is 64.9 Å². The van der Waals surface area contributed by atoms with Crippen molar-refractivity contribution in [2.75, 3.05) is 20.8 Å². The predicted molar refractivity (Wildman–Crippen MR) is 159 cm³/mol. The van der Waals surface area contributed by atoms with Crippen LogP contribution in [0.4, 0.5) is 0 Å². The van der Waals surface area contributed by atoms with E-state index in [-0.39, 0.29) is 24.2 Å². The summed E-state index contributed by atoms with van der Waals surface area (Å²) in [5, 5.41) is 3.76. The number of amides is 1. The van der Waals surface area contributed by atoms with Gasteiger partial charge in [0.05, 0.1) is 24.9 Å². The van der Waals surface area contributed by atoms with E-state index in [9.17, 15) is 4.79 Å². The average molecular weight is 554 g/mol. The number of imidazole rings is 1. The number of carbonyl (C=O) groups is 1. The summed E-state index contributed by atoms with van der Waals surface area (Å²) in [7, 11) is 3.23. The Balaban J connectivity index is 1.39. The van der Waals surface area contributed by atoms with Crippen molar-refractivity contribution in [3.05, 3.63) is 131 Å². The molecule has 0 spiro atoms. The van der Waals surface area contributed by atoms with Crippen LogP contribution < -0.4 is 14.8 Å². The van der Waals surface area contributed by atoms with Crippen LogP contribution >= 0.6 is 11.6 Å². The second-order valence-electron chi connectivity index (χ2n) is 9.67. The highest BCUT2D eigenvalue weighted by Crippen LogP contribution is 2.34. The van der Waals surface area contributed by atoms with Crippen LogP contribution in [0.5, 0.6) is 11.5 Å². The summed E-state index contributed by atoms with van der Waals surface area (Å²) in [6.45, 7) is 0.542. The van der Waals surface area contributed by atoms with Crippen LogP contribution in [0.25, 0.3) is 5.65 Å². The molecule has 0 aliphatic heterocycles. The summed E-state index contributed by atoms with van der Waals surface area (Å²) in [4.78, 5) is 18.0. The second kappa shape index (κ2) is 12.7. The highest BCUT2D eigenvalue weighted by molar-refractivity contribution is 6.30. The van der Waals surface area contributed by atoms with Gasteiger partial charge in [0.2, 0.25) is 5.91 Å². The molecule has 7 heteroatoms. The molecule has 3 aromatic carbocycles. The molecule has 0 bridgehead atoms. The number of nitrogens with zero attached hydrogens (tertiary/aromatic N) is 2. The summed E-state index contributed by atoms with van der Waals surface area (Å²) in [5.41, 5.74) is 4.96. The minimum atomic E-state index is -0.309. The number of fused-ring (bicyclic) bond motifs is 1. The predicted octanol–water partition coefficient (Wildman–Crippen LogP) is 6.87. The lowest BCUT2D eigenvalue weighted by atomic mass is 9.88. The van der Waals surface area contributed by atoms with E-state index in [0.717, 1.165) is 23.3 Å². The van der Waals surface area contributed by atoms with Gasteiger partial charge in [-0.05, 0) is 47.4 Å². The fourth-order valence-corrected chi connectivity index (χ4v) is 5.33. The lowest BCUT2D eigenvalue weighted by Crippen LogP contribution is -2.28. The Bertz CT molecular complexity index is 1510. The number of ether oxygens (including phenoxy) is 2. The van der Waals surface area contributed by atoms with Crippen LogP contribution in [0.1, 0.15) is 47.1 Å². The number of aromatic nitrogens is 2. The molecule has 1 N–H and O–H groups in total. The standard InChI is InChI=1S/C33H32ClN3O3/c1-39-27-17-25(18-28(19-27)40-2)30(31-21-36-32-14-13-26(34)22-37(31)32)20-33(38)35-16-15-29(23-9-5-3-6-10-23)24-11-7-4-8-12-24/h3-14,17-19,21-22,29-30H,15-16,20H2,1-2H3,(H,35,38). The molecule has 6 nitrogen and oxygen atoms in total. The third kappa shape index (κ3) is 6.29. The third-order valence-electron chi connectivity index (χ3n) is 7.18. The number of methoxy groups -OCH3 is 2. The van der Waals surface area contributed by atoms with Crippen molar-refractivity contribution in [3.63, 3.8) is 0 Å². The van der Waals surface area contributed by atoms with Crippen molar-refractivity contribution in [1.29, 1.82) is 0 Å². The van der Waals surface area contributed by atoms with Gasteiger partial charge in [-0.15, -0.1) is 0 Å². The highest BCUT2D eigenvalue weighted by Gasteiger charge is 2.24. The van der Waals surface area contributed by atoms with Crippen molar-refractivity contribution in [2.24, 2.45) is 0 Å². The lowest BCUT2D eigenvalue weighted by Gasteiger charge is -2.21. The van der Waals surface area contributed by atoms with Gasteiger partial charge < -0.3 is 19.2 Å². The van der Waals surface area contributed by atoms with Crippen molar-refractivity contribution in [3.8, 4) is 11.5 Å². The zero-order chi connectivity index (χ0) is 27.9. The Morgan fingerprint density at radius 1 is 0.850 bits per heavy atom. The molecule has 5 aromatic rings. The molecule has 0 aliphatic carbocycles. The first-order valence-electron chi connectivity index (χ1n) is 13.3. The molecule has 0 radical (unpaired) electrons. The Kier molecular flexibility index (Phi) is 8.67. The first-order chi connectivity index (χ1) is 19.6. The maximum atomic E-state index is 13.5. The molecule has 2 heterocycles. The van der Waals surface area contributed by atoms with E-state index in [2.05, 4.69) is 58.8 Å². The Hall–Kier alpha value is -4.29. The van der Waals surface area contributed by atoms with Crippen LogP contribution in [0.3, 0.4) is 0 Å². The molecule has 5 rings (SSSR count). The Morgan fingerprint density at radius 3 is 2.08 bits per heavy atom. The maximum Gasteiger partial charge on any atom is 0.221 e. The van der Waals surface area contributed by atoms with Crippen molar-refractivity contribution in [1.82, 2.24) is 14.7 Å². The zero-order valence-electron chi connectivity index (χ0n) is 22.6. The Labute approximate surface area is 239 Å².